The third kappa shape index (κ3) is 3.48. The molecule has 1 atom stereocenters. The molecule has 3 rings (SSSR count). The van der Waals surface area contributed by atoms with Gasteiger partial charge in [-0.15, -0.1) is 0 Å². The summed E-state index contributed by atoms with van der Waals surface area (Å²) in [5.74, 6) is -0.380. The Morgan fingerprint density at radius 3 is 2.72 bits per heavy atom. The summed E-state index contributed by atoms with van der Waals surface area (Å²) in [6, 6.07) is 1.96. The molecular weight excluding hydrogens is 392 g/mol. The van der Waals surface area contributed by atoms with Crippen molar-refractivity contribution in [3.05, 3.63) is 17.2 Å². The third-order valence-electron chi connectivity index (χ3n) is 4.18. The molecule has 138 valence electrons. The van der Waals surface area contributed by atoms with Gasteiger partial charge in [0.15, 0.2) is 16.4 Å². The van der Waals surface area contributed by atoms with E-state index in [2.05, 4.69) is 5.32 Å². The number of carbonyl (C=O) groups is 1. The van der Waals surface area contributed by atoms with Crippen molar-refractivity contribution in [3.63, 3.8) is 0 Å². The van der Waals surface area contributed by atoms with E-state index in [4.69, 9.17) is 16.3 Å². The predicted molar refractivity (Wildman–Crippen MR) is 92.2 cm³/mol. The highest BCUT2D eigenvalue weighted by Gasteiger charge is 2.39. The van der Waals surface area contributed by atoms with Gasteiger partial charge in [-0.1, -0.05) is 18.5 Å². The zero-order valence-corrected chi connectivity index (χ0v) is 15.7. The Hall–Kier alpha value is -1.36. The molecule has 1 unspecified atom stereocenters. The molecule has 1 aromatic rings. The molecule has 1 saturated heterocycles. The third-order valence-corrected chi connectivity index (χ3v) is 8.42. The average molecular weight is 409 g/mol. The van der Waals surface area contributed by atoms with Gasteiger partial charge >= 0.3 is 0 Å². The molecule has 0 spiro atoms. The first-order chi connectivity index (χ1) is 11.6. The van der Waals surface area contributed by atoms with Gasteiger partial charge < -0.3 is 10.1 Å². The molecular formula is C14H17ClN2O6S2. The Morgan fingerprint density at radius 2 is 2.12 bits per heavy atom. The van der Waals surface area contributed by atoms with Crippen LogP contribution in [0.25, 0.3) is 0 Å². The van der Waals surface area contributed by atoms with Gasteiger partial charge in [0.2, 0.25) is 10.0 Å². The maximum absolute atomic E-state index is 13.0. The quantitative estimate of drug-likeness (QED) is 0.791. The summed E-state index contributed by atoms with van der Waals surface area (Å²) in [6.45, 7) is 1.55. The number of halogens is 1. The van der Waals surface area contributed by atoms with Gasteiger partial charge in [-0.2, -0.15) is 4.31 Å². The highest BCUT2D eigenvalue weighted by atomic mass is 35.5. The SMILES string of the molecule is CCN(C1CCS(=O)(=O)C1)S(=O)(=O)c1cc2c(cc1Cl)NC(=O)CO2. The molecule has 2 heterocycles. The number of sulfone groups is 1. The first-order valence-electron chi connectivity index (χ1n) is 7.62. The molecule has 1 amide bonds. The molecule has 25 heavy (non-hydrogen) atoms. The Bertz CT molecular complexity index is 929. The fraction of sp³-hybridized carbons (Fsp3) is 0.500. The Balaban J connectivity index is 2.00. The normalized spacial score (nSPS) is 22.4. The minimum Gasteiger partial charge on any atom is -0.482 e. The van der Waals surface area contributed by atoms with Crippen LogP contribution in [-0.2, 0) is 24.7 Å². The first-order valence-corrected chi connectivity index (χ1v) is 11.3. The topological polar surface area (TPSA) is 110 Å². The fourth-order valence-electron chi connectivity index (χ4n) is 3.03. The lowest BCUT2D eigenvalue weighted by Crippen LogP contribution is -2.41. The summed E-state index contributed by atoms with van der Waals surface area (Å²) in [7, 11) is -7.25. The van der Waals surface area contributed by atoms with Crippen molar-refractivity contribution in [3.8, 4) is 5.75 Å². The summed E-state index contributed by atoms with van der Waals surface area (Å²) in [5, 5.41) is 2.49. The van der Waals surface area contributed by atoms with E-state index in [1.807, 2.05) is 0 Å². The lowest BCUT2D eigenvalue weighted by molar-refractivity contribution is -0.118. The van der Waals surface area contributed by atoms with Crippen LogP contribution in [0.2, 0.25) is 5.02 Å². The highest BCUT2D eigenvalue weighted by molar-refractivity contribution is 7.92. The van der Waals surface area contributed by atoms with Crippen molar-refractivity contribution >= 4 is 43.1 Å². The predicted octanol–water partition coefficient (Wildman–Crippen LogP) is 0.869. The van der Waals surface area contributed by atoms with Gasteiger partial charge in [-0.25, -0.2) is 16.8 Å². The van der Waals surface area contributed by atoms with Gasteiger partial charge in [-0.3, -0.25) is 4.79 Å². The number of benzene rings is 1. The second kappa shape index (κ2) is 6.42. The van der Waals surface area contributed by atoms with E-state index < -0.39 is 25.9 Å². The second-order valence-electron chi connectivity index (χ2n) is 5.88. The van der Waals surface area contributed by atoms with Crippen LogP contribution >= 0.6 is 11.6 Å². The molecule has 1 fully saturated rings. The van der Waals surface area contributed by atoms with Gasteiger partial charge in [0.1, 0.15) is 10.6 Å². The minimum absolute atomic E-state index is 0.0310. The maximum atomic E-state index is 13.0. The Morgan fingerprint density at radius 1 is 1.40 bits per heavy atom. The number of carbonyl (C=O) groups excluding carboxylic acids is 1. The molecule has 1 N–H and O–H groups in total. The van der Waals surface area contributed by atoms with Crippen molar-refractivity contribution in [2.45, 2.75) is 24.3 Å². The van der Waals surface area contributed by atoms with Crippen LogP contribution in [0.3, 0.4) is 0 Å². The molecule has 11 heteroatoms. The van der Waals surface area contributed by atoms with E-state index in [0.717, 1.165) is 4.31 Å². The molecule has 2 aliphatic rings. The summed E-state index contributed by atoms with van der Waals surface area (Å²) >= 11 is 6.13. The molecule has 0 aliphatic carbocycles. The fourth-order valence-corrected chi connectivity index (χ4v) is 7.04. The number of ether oxygens (including phenoxy) is 1. The Labute approximate surface area is 151 Å². The van der Waals surface area contributed by atoms with Crippen molar-refractivity contribution in [1.82, 2.24) is 4.31 Å². The van der Waals surface area contributed by atoms with Crippen LogP contribution in [0.1, 0.15) is 13.3 Å². The van der Waals surface area contributed by atoms with E-state index >= 15 is 0 Å². The summed E-state index contributed by atoms with van der Waals surface area (Å²) in [4.78, 5) is 11.2. The number of sulfonamides is 1. The first kappa shape index (κ1) is 18.4. The Kier molecular flexibility index (Phi) is 4.73. The molecule has 0 bridgehead atoms. The number of amides is 1. The maximum Gasteiger partial charge on any atom is 0.262 e. The van der Waals surface area contributed by atoms with Crippen molar-refractivity contribution in [1.29, 1.82) is 0 Å². The van der Waals surface area contributed by atoms with Gasteiger partial charge in [0.05, 0.1) is 22.2 Å². The number of rotatable bonds is 4. The van der Waals surface area contributed by atoms with Crippen LogP contribution in [-0.4, -0.2) is 57.7 Å². The van der Waals surface area contributed by atoms with Crippen LogP contribution in [0.15, 0.2) is 17.0 Å². The van der Waals surface area contributed by atoms with Crippen molar-refractivity contribution in [2.24, 2.45) is 0 Å². The molecule has 1 aromatic carbocycles. The van der Waals surface area contributed by atoms with Gasteiger partial charge in [0.25, 0.3) is 5.91 Å². The number of anilines is 1. The van der Waals surface area contributed by atoms with E-state index in [-0.39, 0.29) is 52.7 Å². The lowest BCUT2D eigenvalue weighted by Gasteiger charge is -2.27. The number of nitrogens with zero attached hydrogens (tertiary/aromatic N) is 1. The van der Waals surface area contributed by atoms with E-state index in [1.165, 1.54) is 12.1 Å². The number of hydrogen-bond donors (Lipinski definition) is 1. The summed E-state index contributed by atoms with van der Waals surface area (Å²) in [6.07, 6.45) is 0.254. The zero-order chi connectivity index (χ0) is 18.4. The second-order valence-corrected chi connectivity index (χ2v) is 10.4. The summed E-state index contributed by atoms with van der Waals surface area (Å²) in [5.41, 5.74) is 0.298. The van der Waals surface area contributed by atoms with E-state index in [0.29, 0.717) is 5.69 Å². The largest absolute Gasteiger partial charge is 0.482 e. The van der Waals surface area contributed by atoms with Crippen LogP contribution < -0.4 is 10.1 Å². The molecule has 0 aromatic heterocycles. The molecule has 8 nitrogen and oxygen atoms in total. The van der Waals surface area contributed by atoms with Crippen LogP contribution in [0, 0.1) is 0 Å². The number of fused-ring (bicyclic) bond motifs is 1. The molecule has 0 radical (unpaired) electrons. The van der Waals surface area contributed by atoms with E-state index in [9.17, 15) is 21.6 Å². The standard InChI is InChI=1S/C14H17ClN2O6S2/c1-2-17(9-3-4-24(19,20)8-9)25(21,22)13-6-12-11(5-10(13)15)16-14(18)7-23-12/h5-6,9H,2-4,7-8H2,1H3,(H,16,18). The number of hydrogen-bond acceptors (Lipinski definition) is 6. The monoisotopic (exact) mass is 408 g/mol. The van der Waals surface area contributed by atoms with Crippen LogP contribution in [0.5, 0.6) is 5.75 Å². The smallest absolute Gasteiger partial charge is 0.262 e. The molecule has 0 saturated carbocycles. The summed E-state index contributed by atoms with van der Waals surface area (Å²) < 4.78 is 55.9. The van der Waals surface area contributed by atoms with Crippen LogP contribution in [0.4, 0.5) is 5.69 Å². The van der Waals surface area contributed by atoms with Gasteiger partial charge in [0, 0.05) is 18.7 Å². The van der Waals surface area contributed by atoms with Gasteiger partial charge in [-0.05, 0) is 12.5 Å². The molecule has 2 aliphatic heterocycles. The van der Waals surface area contributed by atoms with Crippen molar-refractivity contribution < 1.29 is 26.4 Å². The zero-order valence-electron chi connectivity index (χ0n) is 13.4. The van der Waals surface area contributed by atoms with Crippen molar-refractivity contribution in [2.75, 3.05) is 30.0 Å². The van der Waals surface area contributed by atoms with E-state index in [1.54, 1.807) is 6.92 Å². The minimum atomic E-state index is -4.02. The highest BCUT2D eigenvalue weighted by Crippen LogP contribution is 2.37. The average Bonchev–Trinajstić information content (AvgIpc) is 2.86. The lowest BCUT2D eigenvalue weighted by atomic mass is 10.2. The number of nitrogens with one attached hydrogen (secondary N) is 1.